The number of rotatable bonds is 29. The van der Waals surface area contributed by atoms with Crippen LogP contribution in [0.2, 0.25) is 0 Å². The summed E-state index contributed by atoms with van der Waals surface area (Å²) < 4.78 is 77.6. The SMILES string of the molecule is COc1ccc(C(CC(=O)OC(C)(C)C)NCC(C)OC)cn1.COc1ccc([C@H](CC(=O)OC(C)(C)C)N(CC(C)OC)C(=O)NCCCc2ccc3c(n2)CCCC3)cn1.COc1ccc([C@H](CC(=O)OC(C)(C)C)n2ccn(CCCc3ccc4c(n3)CCCC4)c2=O)cn1.O=S(=O)(O)O. The molecule has 4 N–H and O–H groups in total. The molecule has 2 aliphatic rings. The van der Waals surface area contributed by atoms with Crippen molar-refractivity contribution in [1.82, 2.24) is 49.6 Å². The molecule has 3 unspecified atom stereocenters. The van der Waals surface area contributed by atoms with Crippen LogP contribution < -0.4 is 30.5 Å². The summed E-state index contributed by atoms with van der Waals surface area (Å²) >= 11 is 0. The number of pyridine rings is 5. The maximum Gasteiger partial charge on any atom is 0.394 e. The Hall–Kier alpha value is -8.41. The van der Waals surface area contributed by atoms with Crippen LogP contribution in [-0.2, 0) is 93.5 Å². The molecule has 0 spiro atoms. The number of hydrogen-bond donors (Lipinski definition) is 4. The molecule has 2 aliphatic carbocycles. The van der Waals surface area contributed by atoms with Gasteiger partial charge >= 0.3 is 40.0 Å². The minimum atomic E-state index is -4.67. The van der Waals surface area contributed by atoms with Gasteiger partial charge in [-0.3, -0.25) is 42.6 Å². The normalized spacial score (nSPS) is 14.2. The van der Waals surface area contributed by atoms with Gasteiger partial charge in [0.1, 0.15) is 16.8 Å². The Morgan fingerprint density at radius 3 is 1.48 bits per heavy atom. The van der Waals surface area contributed by atoms with Crippen LogP contribution in [0.25, 0.3) is 0 Å². The zero-order valence-corrected chi connectivity index (χ0v) is 63.8. The number of ether oxygens (including phenoxy) is 8. The molecule has 0 aromatic carbocycles. The van der Waals surface area contributed by atoms with Crippen LogP contribution in [0.5, 0.6) is 17.6 Å². The first-order valence-corrected chi connectivity index (χ1v) is 36.4. The lowest BCUT2D eigenvalue weighted by molar-refractivity contribution is -0.157. The first kappa shape index (κ1) is 85.2. The molecule has 0 bridgehead atoms. The van der Waals surface area contributed by atoms with Gasteiger partial charge in [0.25, 0.3) is 0 Å². The van der Waals surface area contributed by atoms with Crippen molar-refractivity contribution in [3.8, 4) is 17.6 Å². The number of methoxy groups -OCH3 is 5. The average molecular weight is 1460 g/mol. The number of esters is 3. The predicted molar refractivity (Wildman–Crippen MR) is 390 cm³/mol. The summed E-state index contributed by atoms with van der Waals surface area (Å²) in [7, 11) is 3.25. The molecule has 2 amide bonds. The molecule has 8 rings (SSSR count). The summed E-state index contributed by atoms with van der Waals surface area (Å²) in [6.07, 6.45) is 20.9. The van der Waals surface area contributed by atoms with E-state index < -0.39 is 45.3 Å². The first-order chi connectivity index (χ1) is 48.6. The van der Waals surface area contributed by atoms with Crippen LogP contribution in [0.15, 0.2) is 96.4 Å². The average Bonchev–Trinajstić information content (AvgIpc) is 1.74. The number of aromatic nitrogens is 7. The van der Waals surface area contributed by atoms with Gasteiger partial charge in [-0.15, -0.1) is 0 Å². The molecule has 0 saturated carbocycles. The number of aryl methyl sites for hydroxylation is 7. The zero-order valence-electron chi connectivity index (χ0n) is 63.0. The molecule has 0 radical (unpaired) electrons. The van der Waals surface area contributed by atoms with Gasteiger partial charge in [0.05, 0.1) is 64.9 Å². The second-order valence-corrected chi connectivity index (χ2v) is 29.2. The van der Waals surface area contributed by atoms with Gasteiger partial charge in [0.15, 0.2) is 0 Å². The third-order valence-corrected chi connectivity index (χ3v) is 16.4. The minimum absolute atomic E-state index is 0.0197. The molecule has 6 aromatic heterocycles. The van der Waals surface area contributed by atoms with E-state index in [1.54, 1.807) is 98.8 Å². The fourth-order valence-corrected chi connectivity index (χ4v) is 11.3. The number of fused-ring (bicyclic) bond motifs is 2. The van der Waals surface area contributed by atoms with Crippen molar-refractivity contribution in [3.63, 3.8) is 0 Å². The van der Waals surface area contributed by atoms with Crippen molar-refractivity contribution >= 4 is 34.3 Å². The fraction of sp³-hybridized carbons (Fsp3) is 0.573. The monoisotopic (exact) mass is 1450 g/mol. The Balaban J connectivity index is 0.000000277. The van der Waals surface area contributed by atoms with Gasteiger partial charge in [-0.1, -0.05) is 30.3 Å². The van der Waals surface area contributed by atoms with Crippen LogP contribution in [0.3, 0.4) is 0 Å². The maximum absolute atomic E-state index is 13.5. The van der Waals surface area contributed by atoms with E-state index in [0.29, 0.717) is 42.8 Å². The van der Waals surface area contributed by atoms with Gasteiger partial charge < -0.3 is 53.4 Å². The van der Waals surface area contributed by atoms with Crippen molar-refractivity contribution in [2.45, 2.75) is 226 Å². The van der Waals surface area contributed by atoms with Gasteiger partial charge in [-0.05, 0) is 193 Å². The summed E-state index contributed by atoms with van der Waals surface area (Å²) in [6.45, 7) is 22.3. The van der Waals surface area contributed by atoms with E-state index in [1.807, 2.05) is 94.4 Å². The third-order valence-electron chi connectivity index (χ3n) is 16.4. The summed E-state index contributed by atoms with van der Waals surface area (Å²) in [5.74, 6) is 0.430. The van der Waals surface area contributed by atoms with Crippen LogP contribution in [0.4, 0.5) is 4.79 Å². The fourth-order valence-electron chi connectivity index (χ4n) is 11.3. The van der Waals surface area contributed by atoms with Crippen LogP contribution in [0.1, 0.15) is 203 Å². The Bertz CT molecular complexity index is 3770. The topological polar surface area (TPSA) is 335 Å². The van der Waals surface area contributed by atoms with E-state index in [0.717, 1.165) is 73.9 Å². The van der Waals surface area contributed by atoms with E-state index in [9.17, 15) is 24.0 Å². The lowest BCUT2D eigenvalue weighted by atomic mass is 9.95. The number of carbonyl (C=O) groups is 4. The Kier molecular flexibility index (Phi) is 34.1. The number of amides is 2. The lowest BCUT2D eigenvalue weighted by Crippen LogP contribution is -2.46. The van der Waals surface area contributed by atoms with E-state index in [-0.39, 0.29) is 67.7 Å². The number of nitrogens with zero attached hydrogens (tertiary/aromatic N) is 8. The molecule has 568 valence electrons. The van der Waals surface area contributed by atoms with Crippen LogP contribution >= 0.6 is 0 Å². The van der Waals surface area contributed by atoms with Crippen LogP contribution in [0, 0.1) is 0 Å². The highest BCUT2D eigenvalue weighted by molar-refractivity contribution is 7.79. The largest absolute Gasteiger partial charge is 0.481 e. The number of urea groups is 1. The Morgan fingerprint density at radius 1 is 0.573 bits per heavy atom. The van der Waals surface area contributed by atoms with Gasteiger partial charge in [0.2, 0.25) is 17.6 Å². The quantitative estimate of drug-likeness (QED) is 0.0147. The van der Waals surface area contributed by atoms with Crippen molar-refractivity contribution in [2.24, 2.45) is 0 Å². The van der Waals surface area contributed by atoms with Crippen molar-refractivity contribution in [1.29, 1.82) is 0 Å². The van der Waals surface area contributed by atoms with Gasteiger partial charge in [-0.25, -0.2) is 24.5 Å². The summed E-state index contributed by atoms with van der Waals surface area (Å²) in [6, 6.07) is 17.8. The standard InChI is InChI=1S/C30H44N4O5.C28H36N4O4.C17H28N2O4.H2O4S/c1-21(37-5)20-34(26(18-28(35)39-30(2,3)4)23-14-16-27(38-6)32-19-23)29(36)31-17-9-11-24-15-13-22-10-7-8-12-25(22)33-24;1-28(2,3)36-26(33)18-24(21-12-14-25(35-4)29-19-21)32-17-16-31(27(32)34)15-7-9-22-13-11-20-8-5-6-10-23(20)30-22;1-12(21-5)10-18-14(9-16(20)23-17(2,3)4)13-7-8-15(22-6)19-11-13;1-5(2,3)4/h13-16,19,21,26H,7-12,17-18,20H2,1-6H3,(H,31,36);11-14,16-17,19,24H,5-10,15,18H2,1-4H3;7-8,11-12,14,18H,9-10H2,1-6H3;(H2,1,2,3,4)/t21?,26-;24-;;/m00../s1. The third kappa shape index (κ3) is 31.6. The molecule has 0 fully saturated rings. The Labute approximate surface area is 607 Å². The van der Waals surface area contributed by atoms with Crippen molar-refractivity contribution in [2.75, 3.05) is 55.2 Å². The number of imidazole rings is 1. The van der Waals surface area contributed by atoms with Gasteiger partial charge in [-0.2, -0.15) is 8.42 Å². The minimum Gasteiger partial charge on any atom is -0.481 e. The highest BCUT2D eigenvalue weighted by Gasteiger charge is 2.32. The molecule has 0 aliphatic heterocycles. The number of carbonyl (C=O) groups excluding carboxylic acids is 4. The Morgan fingerprint density at radius 2 is 1.02 bits per heavy atom. The molecular formula is C75H110N10O17S. The molecular weight excluding hydrogens is 1340 g/mol. The predicted octanol–water partition coefficient (Wildman–Crippen LogP) is 10.9. The lowest BCUT2D eigenvalue weighted by Gasteiger charge is -2.34. The van der Waals surface area contributed by atoms with Crippen molar-refractivity contribution < 1.29 is 74.6 Å². The highest BCUT2D eigenvalue weighted by Crippen LogP contribution is 2.30. The van der Waals surface area contributed by atoms with E-state index >= 15 is 0 Å². The molecule has 6 aromatic rings. The molecule has 0 saturated heterocycles. The molecule has 27 nitrogen and oxygen atoms in total. The molecule has 103 heavy (non-hydrogen) atoms. The molecule has 5 atom stereocenters. The number of nitrogens with one attached hydrogen (secondary N) is 2. The second kappa shape index (κ2) is 41.2. The highest BCUT2D eigenvalue weighted by atomic mass is 32.3. The molecule has 6 heterocycles. The summed E-state index contributed by atoms with van der Waals surface area (Å²) in [4.78, 5) is 88.7. The van der Waals surface area contributed by atoms with Gasteiger partial charge in [0, 0.05) is 118 Å². The van der Waals surface area contributed by atoms with E-state index in [1.165, 1.54) is 48.2 Å². The van der Waals surface area contributed by atoms with E-state index in [4.69, 9.17) is 65.4 Å². The first-order valence-electron chi connectivity index (χ1n) is 35.0. The zero-order chi connectivity index (χ0) is 76.1. The maximum atomic E-state index is 13.5. The summed E-state index contributed by atoms with van der Waals surface area (Å²) in [5.41, 5.74) is 7.76. The second-order valence-electron chi connectivity index (χ2n) is 28.3. The molecule has 28 heteroatoms. The number of hydrogen-bond acceptors (Lipinski definition) is 21. The summed E-state index contributed by atoms with van der Waals surface area (Å²) in [5, 5.41) is 6.38. The van der Waals surface area contributed by atoms with E-state index in [2.05, 4.69) is 49.9 Å². The smallest absolute Gasteiger partial charge is 0.394 e. The van der Waals surface area contributed by atoms with Crippen LogP contribution in [-0.4, -0.2) is 165 Å². The van der Waals surface area contributed by atoms with Crippen molar-refractivity contribution in [3.05, 3.63) is 153 Å².